The first-order valence-electron chi connectivity index (χ1n) is 10.1. The Balaban J connectivity index is 1.44. The summed E-state index contributed by atoms with van der Waals surface area (Å²) < 4.78 is 13.7. The van der Waals surface area contributed by atoms with E-state index in [1.165, 1.54) is 0 Å². The molecule has 0 aliphatic carbocycles. The van der Waals surface area contributed by atoms with E-state index < -0.39 is 0 Å². The molecule has 0 saturated heterocycles. The van der Waals surface area contributed by atoms with Crippen LogP contribution in [0.25, 0.3) is 11.0 Å². The Morgan fingerprint density at radius 1 is 1.10 bits per heavy atom. The van der Waals surface area contributed by atoms with Gasteiger partial charge in [0, 0.05) is 29.7 Å². The van der Waals surface area contributed by atoms with E-state index in [1.807, 2.05) is 79.2 Å². The standard InChI is InChI=1S/C24H25N3O3/c1-17-15-18(2)27(26-17)14-8-13-25-24(28)23-21(16-29-19-9-4-3-5-10-19)20-11-6-7-12-22(20)30-23/h3-7,9-12,15H,8,13-14,16H2,1-2H3,(H,25,28). The van der Waals surface area contributed by atoms with E-state index in [9.17, 15) is 4.79 Å². The summed E-state index contributed by atoms with van der Waals surface area (Å²) in [5.74, 6) is 0.823. The number of benzene rings is 2. The van der Waals surface area contributed by atoms with Gasteiger partial charge in [0.1, 0.15) is 17.9 Å². The maximum atomic E-state index is 12.8. The van der Waals surface area contributed by atoms with Crippen molar-refractivity contribution in [3.8, 4) is 5.75 Å². The molecular formula is C24H25N3O3. The Labute approximate surface area is 175 Å². The van der Waals surface area contributed by atoms with Gasteiger partial charge in [0.05, 0.1) is 5.69 Å². The molecule has 1 amide bonds. The molecule has 6 nitrogen and oxygen atoms in total. The SMILES string of the molecule is Cc1cc(C)n(CCCNC(=O)c2oc3ccccc3c2COc2ccccc2)n1. The summed E-state index contributed by atoms with van der Waals surface area (Å²) >= 11 is 0. The predicted octanol–water partition coefficient (Wildman–Crippen LogP) is 4.65. The number of aryl methyl sites for hydroxylation is 3. The van der Waals surface area contributed by atoms with Crippen LogP contribution in [0.15, 0.2) is 65.1 Å². The molecule has 30 heavy (non-hydrogen) atoms. The molecule has 0 saturated carbocycles. The number of ether oxygens (including phenoxy) is 1. The highest BCUT2D eigenvalue weighted by molar-refractivity contribution is 5.99. The summed E-state index contributed by atoms with van der Waals surface area (Å²) in [6, 6.07) is 19.2. The van der Waals surface area contributed by atoms with Crippen molar-refractivity contribution in [3.05, 3.63) is 83.4 Å². The van der Waals surface area contributed by atoms with Crippen molar-refractivity contribution in [1.82, 2.24) is 15.1 Å². The summed E-state index contributed by atoms with van der Waals surface area (Å²) in [4.78, 5) is 12.8. The normalized spacial score (nSPS) is 11.0. The second kappa shape index (κ2) is 8.86. The Morgan fingerprint density at radius 2 is 1.87 bits per heavy atom. The van der Waals surface area contributed by atoms with Crippen molar-refractivity contribution >= 4 is 16.9 Å². The van der Waals surface area contributed by atoms with Crippen LogP contribution in [-0.4, -0.2) is 22.2 Å². The quantitative estimate of drug-likeness (QED) is 0.435. The molecule has 2 aromatic heterocycles. The van der Waals surface area contributed by atoms with Gasteiger partial charge in [0.2, 0.25) is 0 Å². The van der Waals surface area contributed by atoms with Crippen molar-refractivity contribution in [3.63, 3.8) is 0 Å². The number of rotatable bonds is 8. The molecule has 0 atom stereocenters. The molecule has 0 aliphatic rings. The van der Waals surface area contributed by atoms with Crippen LogP contribution in [0.5, 0.6) is 5.75 Å². The number of para-hydroxylation sites is 2. The smallest absolute Gasteiger partial charge is 0.287 e. The van der Waals surface area contributed by atoms with Crippen LogP contribution in [0, 0.1) is 13.8 Å². The zero-order chi connectivity index (χ0) is 20.9. The van der Waals surface area contributed by atoms with Gasteiger partial charge in [-0.05, 0) is 44.5 Å². The molecule has 0 aliphatic heterocycles. The second-order valence-electron chi connectivity index (χ2n) is 7.27. The molecular weight excluding hydrogens is 378 g/mol. The van der Waals surface area contributed by atoms with Gasteiger partial charge in [-0.2, -0.15) is 5.10 Å². The van der Waals surface area contributed by atoms with Crippen molar-refractivity contribution in [1.29, 1.82) is 0 Å². The highest BCUT2D eigenvalue weighted by Crippen LogP contribution is 2.27. The van der Waals surface area contributed by atoms with Gasteiger partial charge in [-0.3, -0.25) is 9.48 Å². The number of amides is 1. The maximum absolute atomic E-state index is 12.8. The number of carbonyl (C=O) groups excluding carboxylic acids is 1. The van der Waals surface area contributed by atoms with Crippen molar-refractivity contribution < 1.29 is 13.9 Å². The van der Waals surface area contributed by atoms with Gasteiger partial charge in [0.15, 0.2) is 5.76 Å². The first-order valence-corrected chi connectivity index (χ1v) is 10.1. The molecule has 2 aromatic carbocycles. The predicted molar refractivity (Wildman–Crippen MR) is 116 cm³/mol. The summed E-state index contributed by atoms with van der Waals surface area (Å²) in [6.45, 7) is 5.56. The summed E-state index contributed by atoms with van der Waals surface area (Å²) in [6.07, 6.45) is 0.782. The van der Waals surface area contributed by atoms with Crippen molar-refractivity contribution in [2.45, 2.75) is 33.4 Å². The topological polar surface area (TPSA) is 69.3 Å². The summed E-state index contributed by atoms with van der Waals surface area (Å²) in [5.41, 5.74) is 3.56. The third-order valence-electron chi connectivity index (χ3n) is 4.97. The molecule has 0 fully saturated rings. The fourth-order valence-electron chi connectivity index (χ4n) is 3.51. The van der Waals surface area contributed by atoms with Crippen molar-refractivity contribution in [2.24, 2.45) is 0 Å². The third kappa shape index (κ3) is 4.38. The van der Waals surface area contributed by atoms with Gasteiger partial charge in [-0.1, -0.05) is 36.4 Å². The second-order valence-corrected chi connectivity index (χ2v) is 7.27. The van der Waals surface area contributed by atoms with Gasteiger partial charge in [-0.15, -0.1) is 0 Å². The van der Waals surface area contributed by atoms with E-state index in [4.69, 9.17) is 9.15 Å². The van der Waals surface area contributed by atoms with Crippen LogP contribution in [0.4, 0.5) is 0 Å². The van der Waals surface area contributed by atoms with Gasteiger partial charge >= 0.3 is 0 Å². The number of nitrogens with one attached hydrogen (secondary N) is 1. The number of aromatic nitrogens is 2. The minimum atomic E-state index is -0.230. The molecule has 4 aromatic rings. The average Bonchev–Trinajstić information content (AvgIpc) is 3.29. The van der Waals surface area contributed by atoms with Crippen LogP contribution in [-0.2, 0) is 13.2 Å². The van der Waals surface area contributed by atoms with Gasteiger partial charge in [-0.25, -0.2) is 0 Å². The fourth-order valence-corrected chi connectivity index (χ4v) is 3.51. The maximum Gasteiger partial charge on any atom is 0.287 e. The number of fused-ring (bicyclic) bond motifs is 1. The Kier molecular flexibility index (Phi) is 5.84. The van der Waals surface area contributed by atoms with Crippen LogP contribution in [0.3, 0.4) is 0 Å². The zero-order valence-electron chi connectivity index (χ0n) is 17.2. The number of carbonyl (C=O) groups is 1. The van der Waals surface area contributed by atoms with Gasteiger partial charge < -0.3 is 14.5 Å². The first-order chi connectivity index (χ1) is 14.6. The zero-order valence-corrected chi connectivity index (χ0v) is 17.2. The van der Waals surface area contributed by atoms with E-state index in [0.29, 0.717) is 17.9 Å². The summed E-state index contributed by atoms with van der Waals surface area (Å²) in [7, 11) is 0. The fraction of sp³-hybridized carbons (Fsp3) is 0.250. The average molecular weight is 403 g/mol. The lowest BCUT2D eigenvalue weighted by atomic mass is 10.1. The molecule has 4 rings (SSSR count). The summed E-state index contributed by atoms with van der Waals surface area (Å²) in [5, 5.41) is 8.31. The molecule has 0 radical (unpaired) electrons. The minimum absolute atomic E-state index is 0.230. The number of furan rings is 1. The van der Waals surface area contributed by atoms with E-state index in [2.05, 4.69) is 10.4 Å². The lowest BCUT2D eigenvalue weighted by Gasteiger charge is -2.08. The molecule has 0 spiro atoms. The highest BCUT2D eigenvalue weighted by atomic mass is 16.5. The van der Waals surface area contributed by atoms with E-state index >= 15 is 0 Å². The lowest BCUT2D eigenvalue weighted by molar-refractivity contribution is 0.0923. The van der Waals surface area contributed by atoms with Crippen LogP contribution < -0.4 is 10.1 Å². The lowest BCUT2D eigenvalue weighted by Crippen LogP contribution is -2.26. The number of nitrogens with zero attached hydrogens (tertiary/aromatic N) is 2. The molecule has 154 valence electrons. The van der Waals surface area contributed by atoms with Crippen molar-refractivity contribution in [2.75, 3.05) is 6.54 Å². The van der Waals surface area contributed by atoms with Gasteiger partial charge in [0.25, 0.3) is 5.91 Å². The highest BCUT2D eigenvalue weighted by Gasteiger charge is 2.20. The van der Waals surface area contributed by atoms with Crippen LogP contribution in [0.2, 0.25) is 0 Å². The number of hydrogen-bond acceptors (Lipinski definition) is 4. The molecule has 0 bridgehead atoms. The molecule has 2 heterocycles. The molecule has 0 unspecified atom stereocenters. The Bertz CT molecular complexity index is 1150. The van der Waals surface area contributed by atoms with E-state index in [-0.39, 0.29) is 12.5 Å². The third-order valence-corrected chi connectivity index (χ3v) is 4.97. The van der Waals surface area contributed by atoms with E-state index in [0.717, 1.165) is 41.1 Å². The Morgan fingerprint density at radius 3 is 2.63 bits per heavy atom. The van der Waals surface area contributed by atoms with E-state index in [1.54, 1.807) is 0 Å². The Hall–Kier alpha value is -3.54. The molecule has 1 N–H and O–H groups in total. The largest absolute Gasteiger partial charge is 0.489 e. The molecule has 6 heteroatoms. The minimum Gasteiger partial charge on any atom is -0.489 e. The van der Waals surface area contributed by atoms with Crippen LogP contribution in [0.1, 0.15) is 33.9 Å². The number of hydrogen-bond donors (Lipinski definition) is 1. The van der Waals surface area contributed by atoms with Crippen LogP contribution >= 0.6 is 0 Å². The monoisotopic (exact) mass is 403 g/mol. The first kappa shape index (κ1) is 19.8.